The molecule has 0 atom stereocenters. The zero-order valence-electron chi connectivity index (χ0n) is 7.11. The number of nitrogens with two attached hydrogens (primary N) is 1. The largest absolute Gasteiger partial charge is 0.405 e. The van der Waals surface area contributed by atoms with Gasteiger partial charge in [0.1, 0.15) is 0 Å². The van der Waals surface area contributed by atoms with Crippen LogP contribution in [0.5, 0.6) is 0 Å². The SMILES string of the molecule is C=CN.OCCc1ccccc1. The maximum absolute atomic E-state index is 8.52. The Morgan fingerprint density at radius 2 is 1.83 bits per heavy atom. The van der Waals surface area contributed by atoms with Crippen LogP contribution in [0, 0.1) is 0 Å². The fraction of sp³-hybridized carbons (Fsp3) is 0.200. The molecule has 2 heteroatoms. The summed E-state index contributed by atoms with van der Waals surface area (Å²) in [6, 6.07) is 9.95. The first-order chi connectivity index (χ1) is 5.85. The van der Waals surface area contributed by atoms with Gasteiger partial charge >= 0.3 is 0 Å². The van der Waals surface area contributed by atoms with Crippen LogP contribution >= 0.6 is 0 Å². The van der Waals surface area contributed by atoms with Gasteiger partial charge < -0.3 is 10.8 Å². The normalized spacial score (nSPS) is 8.08. The second-order valence-electron chi connectivity index (χ2n) is 2.19. The monoisotopic (exact) mass is 165 g/mol. The fourth-order valence-corrected chi connectivity index (χ4v) is 0.774. The molecule has 66 valence electrons. The number of aliphatic hydroxyl groups is 1. The molecule has 0 aromatic heterocycles. The van der Waals surface area contributed by atoms with Gasteiger partial charge in [-0.1, -0.05) is 36.9 Å². The summed E-state index contributed by atoms with van der Waals surface area (Å²) >= 11 is 0. The number of hydrogen-bond donors (Lipinski definition) is 2. The van der Waals surface area contributed by atoms with E-state index in [1.807, 2.05) is 30.3 Å². The second-order valence-corrected chi connectivity index (χ2v) is 2.19. The third kappa shape index (κ3) is 5.50. The van der Waals surface area contributed by atoms with Gasteiger partial charge in [0.15, 0.2) is 0 Å². The molecule has 1 aromatic rings. The molecule has 0 bridgehead atoms. The molecule has 0 fully saturated rings. The van der Waals surface area contributed by atoms with Gasteiger partial charge in [-0.15, -0.1) is 0 Å². The first kappa shape index (κ1) is 10.7. The Hall–Kier alpha value is -1.28. The number of aliphatic hydroxyl groups excluding tert-OH is 1. The van der Waals surface area contributed by atoms with Crippen LogP contribution in [-0.2, 0) is 6.42 Å². The predicted octanol–water partition coefficient (Wildman–Crippen LogP) is 1.31. The lowest BCUT2D eigenvalue weighted by molar-refractivity contribution is 0.299. The Kier molecular flexibility index (Phi) is 6.99. The summed E-state index contributed by atoms with van der Waals surface area (Å²) in [5.41, 5.74) is 5.81. The van der Waals surface area contributed by atoms with Crippen LogP contribution in [0.4, 0.5) is 0 Å². The topological polar surface area (TPSA) is 46.2 Å². The zero-order valence-corrected chi connectivity index (χ0v) is 7.11. The van der Waals surface area contributed by atoms with Crippen molar-refractivity contribution in [2.75, 3.05) is 6.61 Å². The highest BCUT2D eigenvalue weighted by atomic mass is 16.2. The third-order valence-corrected chi connectivity index (χ3v) is 1.24. The van der Waals surface area contributed by atoms with Crippen molar-refractivity contribution in [1.82, 2.24) is 0 Å². The lowest BCUT2D eigenvalue weighted by atomic mass is 10.2. The van der Waals surface area contributed by atoms with E-state index in [1.54, 1.807) is 0 Å². The van der Waals surface area contributed by atoms with Crippen molar-refractivity contribution in [3.05, 3.63) is 48.7 Å². The minimum Gasteiger partial charge on any atom is -0.405 e. The van der Waals surface area contributed by atoms with Crippen LogP contribution < -0.4 is 5.73 Å². The summed E-state index contributed by atoms with van der Waals surface area (Å²) in [5, 5.41) is 8.52. The molecule has 0 aliphatic carbocycles. The smallest absolute Gasteiger partial charge is 0.0471 e. The molecule has 0 saturated heterocycles. The standard InChI is InChI=1S/C8H10O.C2H5N/c9-7-6-8-4-2-1-3-5-8;1-2-3/h1-5,9H,6-7H2;2H,1,3H2. The van der Waals surface area contributed by atoms with Crippen molar-refractivity contribution in [3.63, 3.8) is 0 Å². The van der Waals surface area contributed by atoms with Gasteiger partial charge in [-0.2, -0.15) is 0 Å². The van der Waals surface area contributed by atoms with Crippen LogP contribution in [0.3, 0.4) is 0 Å². The molecule has 0 spiro atoms. The molecule has 0 saturated carbocycles. The first-order valence-corrected chi connectivity index (χ1v) is 3.82. The van der Waals surface area contributed by atoms with Crippen molar-refractivity contribution in [2.45, 2.75) is 6.42 Å². The summed E-state index contributed by atoms with van der Waals surface area (Å²) in [6.07, 6.45) is 2.01. The molecular weight excluding hydrogens is 150 g/mol. The lowest BCUT2D eigenvalue weighted by Gasteiger charge is -1.93. The van der Waals surface area contributed by atoms with Crippen molar-refractivity contribution < 1.29 is 5.11 Å². The number of hydrogen-bond acceptors (Lipinski definition) is 2. The summed E-state index contributed by atoms with van der Waals surface area (Å²) in [4.78, 5) is 0. The molecule has 12 heavy (non-hydrogen) atoms. The third-order valence-electron chi connectivity index (χ3n) is 1.24. The minimum atomic E-state index is 0.240. The van der Waals surface area contributed by atoms with Gasteiger partial charge in [0.05, 0.1) is 0 Å². The molecule has 2 nitrogen and oxygen atoms in total. The maximum atomic E-state index is 8.52. The molecule has 0 unspecified atom stereocenters. The molecule has 1 aromatic carbocycles. The summed E-state index contributed by atoms with van der Waals surface area (Å²) in [7, 11) is 0. The van der Waals surface area contributed by atoms with Gasteiger partial charge in [0.25, 0.3) is 0 Å². The molecular formula is C10H15NO. The van der Waals surface area contributed by atoms with Crippen LogP contribution in [0.25, 0.3) is 0 Å². The molecule has 0 aliphatic heterocycles. The first-order valence-electron chi connectivity index (χ1n) is 3.82. The number of rotatable bonds is 2. The zero-order chi connectivity index (χ0) is 9.23. The minimum absolute atomic E-state index is 0.240. The van der Waals surface area contributed by atoms with E-state index >= 15 is 0 Å². The van der Waals surface area contributed by atoms with Gasteiger partial charge in [-0.25, -0.2) is 0 Å². The van der Waals surface area contributed by atoms with Gasteiger partial charge in [0, 0.05) is 6.61 Å². The van der Waals surface area contributed by atoms with E-state index in [9.17, 15) is 0 Å². The highest BCUT2D eigenvalue weighted by molar-refractivity contribution is 5.14. The Labute approximate surface area is 73.3 Å². The predicted molar refractivity (Wildman–Crippen MR) is 51.6 cm³/mol. The molecule has 1 rings (SSSR count). The van der Waals surface area contributed by atoms with E-state index in [4.69, 9.17) is 5.11 Å². The second kappa shape index (κ2) is 7.82. The quantitative estimate of drug-likeness (QED) is 0.694. The van der Waals surface area contributed by atoms with Gasteiger partial charge in [-0.3, -0.25) is 0 Å². The average Bonchev–Trinajstić information content (AvgIpc) is 2.08. The van der Waals surface area contributed by atoms with E-state index < -0.39 is 0 Å². The molecule has 0 radical (unpaired) electrons. The highest BCUT2D eigenvalue weighted by Gasteiger charge is 1.85. The van der Waals surface area contributed by atoms with Crippen LogP contribution in [0.2, 0.25) is 0 Å². The molecule has 0 aliphatic rings. The Bertz CT molecular complexity index is 196. The maximum Gasteiger partial charge on any atom is 0.0471 e. The van der Waals surface area contributed by atoms with E-state index in [2.05, 4.69) is 12.3 Å². The van der Waals surface area contributed by atoms with Crippen molar-refractivity contribution in [1.29, 1.82) is 0 Å². The Morgan fingerprint density at radius 1 is 1.33 bits per heavy atom. The summed E-state index contributed by atoms with van der Waals surface area (Å²) < 4.78 is 0. The highest BCUT2D eigenvalue weighted by Crippen LogP contribution is 1.97. The van der Waals surface area contributed by atoms with E-state index in [0.29, 0.717) is 0 Å². The van der Waals surface area contributed by atoms with E-state index in [-0.39, 0.29) is 6.61 Å². The molecule has 3 N–H and O–H groups in total. The molecule has 0 amide bonds. The van der Waals surface area contributed by atoms with Crippen molar-refractivity contribution in [2.24, 2.45) is 5.73 Å². The summed E-state index contributed by atoms with van der Waals surface area (Å²) in [6.45, 7) is 3.38. The Balaban J connectivity index is 0.000000354. The molecule has 0 heterocycles. The van der Waals surface area contributed by atoms with Crippen LogP contribution in [0.1, 0.15) is 5.56 Å². The van der Waals surface area contributed by atoms with Crippen LogP contribution in [-0.4, -0.2) is 11.7 Å². The lowest BCUT2D eigenvalue weighted by Crippen LogP contribution is -1.88. The Morgan fingerprint density at radius 3 is 2.25 bits per heavy atom. The average molecular weight is 165 g/mol. The van der Waals surface area contributed by atoms with E-state index in [1.165, 1.54) is 11.8 Å². The van der Waals surface area contributed by atoms with Crippen molar-refractivity contribution in [3.8, 4) is 0 Å². The van der Waals surface area contributed by atoms with Crippen molar-refractivity contribution >= 4 is 0 Å². The number of benzene rings is 1. The van der Waals surface area contributed by atoms with Crippen LogP contribution in [0.15, 0.2) is 43.1 Å². The van der Waals surface area contributed by atoms with Gasteiger partial charge in [-0.05, 0) is 18.2 Å². The fourth-order valence-electron chi connectivity index (χ4n) is 0.774. The van der Waals surface area contributed by atoms with Gasteiger partial charge in [0.2, 0.25) is 0 Å². The summed E-state index contributed by atoms with van der Waals surface area (Å²) in [5.74, 6) is 0. The van der Waals surface area contributed by atoms with E-state index in [0.717, 1.165) is 6.42 Å².